The number of pyridine rings is 1. The van der Waals surface area contributed by atoms with Gasteiger partial charge >= 0.3 is 0 Å². The van der Waals surface area contributed by atoms with Crippen molar-refractivity contribution in [2.75, 3.05) is 13.1 Å². The largest absolute Gasteiger partial charge is 0.371 e. The third-order valence-electron chi connectivity index (χ3n) is 6.31. The third-order valence-corrected chi connectivity index (χ3v) is 6.31. The Kier molecular flexibility index (Phi) is 6.72. The van der Waals surface area contributed by atoms with Crippen LogP contribution in [0, 0.1) is 26.7 Å². The maximum Gasteiger partial charge on any atom is 0.0405 e. The zero-order chi connectivity index (χ0) is 20.1. The first-order chi connectivity index (χ1) is 13.5. The van der Waals surface area contributed by atoms with Gasteiger partial charge in [0.05, 0.1) is 0 Å². The lowest BCUT2D eigenvalue weighted by Crippen LogP contribution is -2.32. The Morgan fingerprint density at radius 2 is 1.82 bits per heavy atom. The van der Waals surface area contributed by atoms with E-state index in [4.69, 9.17) is 4.98 Å². The number of rotatable bonds is 7. The minimum absolute atomic E-state index is 0.783. The number of allylic oxidation sites excluding steroid dienone is 1. The van der Waals surface area contributed by atoms with Gasteiger partial charge in [0.25, 0.3) is 0 Å². The highest BCUT2D eigenvalue weighted by Crippen LogP contribution is 2.27. The van der Waals surface area contributed by atoms with Gasteiger partial charge in [0, 0.05) is 36.2 Å². The first-order valence-electron chi connectivity index (χ1n) is 10.5. The van der Waals surface area contributed by atoms with Crippen molar-refractivity contribution in [2.24, 2.45) is 5.92 Å². The van der Waals surface area contributed by atoms with Crippen LogP contribution in [-0.4, -0.2) is 23.0 Å². The zero-order valence-corrected chi connectivity index (χ0v) is 17.8. The van der Waals surface area contributed by atoms with Crippen LogP contribution < -0.4 is 0 Å². The lowest BCUT2D eigenvalue weighted by atomic mass is 9.92. The summed E-state index contributed by atoms with van der Waals surface area (Å²) in [4.78, 5) is 7.13. The number of likely N-dealkylation sites (tertiary alicyclic amines) is 1. The Hall–Kier alpha value is -2.35. The van der Waals surface area contributed by atoms with Gasteiger partial charge in [0.1, 0.15) is 0 Å². The van der Waals surface area contributed by atoms with E-state index in [1.165, 1.54) is 40.7 Å². The van der Waals surface area contributed by atoms with E-state index >= 15 is 0 Å². The van der Waals surface area contributed by atoms with Crippen molar-refractivity contribution in [1.29, 1.82) is 0 Å². The Morgan fingerprint density at radius 3 is 2.46 bits per heavy atom. The molecule has 2 heteroatoms. The minimum atomic E-state index is 0.783. The van der Waals surface area contributed by atoms with E-state index in [0.29, 0.717) is 0 Å². The monoisotopic (exact) mass is 374 g/mol. The smallest absolute Gasteiger partial charge is 0.0405 e. The summed E-state index contributed by atoms with van der Waals surface area (Å²) in [5.74, 6) is 0.783. The SMILES string of the molecule is C=CCC1CCN(C(=C)c2cnc(C)c(CCc3c(C)cccc3C)c2)CC1. The summed E-state index contributed by atoms with van der Waals surface area (Å²) in [6.45, 7) is 17.0. The average Bonchev–Trinajstić information content (AvgIpc) is 2.69. The van der Waals surface area contributed by atoms with E-state index in [-0.39, 0.29) is 0 Å². The van der Waals surface area contributed by atoms with Gasteiger partial charge < -0.3 is 4.90 Å². The molecular weight excluding hydrogens is 340 g/mol. The average molecular weight is 375 g/mol. The van der Waals surface area contributed by atoms with Gasteiger partial charge in [-0.3, -0.25) is 4.98 Å². The molecule has 1 aliphatic rings. The molecule has 0 aliphatic carbocycles. The van der Waals surface area contributed by atoms with Crippen LogP contribution in [-0.2, 0) is 12.8 Å². The first kappa shape index (κ1) is 20.4. The fraction of sp³-hybridized carbons (Fsp3) is 0.423. The topological polar surface area (TPSA) is 16.1 Å². The summed E-state index contributed by atoms with van der Waals surface area (Å²) in [7, 11) is 0. The van der Waals surface area contributed by atoms with Crippen LogP contribution >= 0.6 is 0 Å². The summed E-state index contributed by atoms with van der Waals surface area (Å²) >= 11 is 0. The lowest BCUT2D eigenvalue weighted by Gasteiger charge is -2.34. The van der Waals surface area contributed by atoms with Gasteiger partial charge in [0.15, 0.2) is 0 Å². The van der Waals surface area contributed by atoms with Crippen LogP contribution in [0.5, 0.6) is 0 Å². The lowest BCUT2D eigenvalue weighted by molar-refractivity contribution is 0.257. The van der Waals surface area contributed by atoms with Crippen molar-refractivity contribution in [3.63, 3.8) is 0 Å². The van der Waals surface area contributed by atoms with Crippen LogP contribution in [0.2, 0.25) is 0 Å². The van der Waals surface area contributed by atoms with Crippen molar-refractivity contribution < 1.29 is 0 Å². The number of nitrogens with zero attached hydrogens (tertiary/aromatic N) is 2. The van der Waals surface area contributed by atoms with E-state index in [2.05, 4.69) is 69.2 Å². The predicted molar refractivity (Wildman–Crippen MR) is 120 cm³/mol. The summed E-state index contributed by atoms with van der Waals surface area (Å²) in [5, 5.41) is 0. The Bertz CT molecular complexity index is 821. The second-order valence-electron chi connectivity index (χ2n) is 8.24. The van der Waals surface area contributed by atoms with Gasteiger partial charge in [-0.15, -0.1) is 6.58 Å². The molecule has 0 radical (unpaired) electrons. The first-order valence-corrected chi connectivity index (χ1v) is 10.5. The molecule has 0 unspecified atom stereocenters. The molecule has 1 fully saturated rings. The van der Waals surface area contributed by atoms with Gasteiger partial charge in [-0.05, 0) is 87.1 Å². The Balaban J connectivity index is 1.69. The molecule has 0 saturated carbocycles. The molecule has 2 aromatic rings. The summed E-state index contributed by atoms with van der Waals surface area (Å²) in [5.41, 5.74) is 9.00. The van der Waals surface area contributed by atoms with Crippen LogP contribution in [0.1, 0.15) is 52.8 Å². The van der Waals surface area contributed by atoms with Crippen LogP contribution in [0.15, 0.2) is 49.7 Å². The molecule has 3 rings (SSSR count). The van der Waals surface area contributed by atoms with Crippen molar-refractivity contribution in [3.05, 3.63) is 83.2 Å². The molecule has 0 amide bonds. The van der Waals surface area contributed by atoms with Gasteiger partial charge in [-0.1, -0.05) is 30.9 Å². The van der Waals surface area contributed by atoms with E-state index in [9.17, 15) is 0 Å². The molecule has 148 valence electrons. The number of benzene rings is 1. The molecule has 1 aliphatic heterocycles. The molecule has 2 heterocycles. The quantitative estimate of drug-likeness (QED) is 0.548. The number of hydrogen-bond acceptors (Lipinski definition) is 2. The fourth-order valence-electron chi connectivity index (χ4n) is 4.35. The maximum atomic E-state index is 4.70. The zero-order valence-electron chi connectivity index (χ0n) is 17.8. The van der Waals surface area contributed by atoms with Crippen LogP contribution in [0.4, 0.5) is 0 Å². The normalized spacial score (nSPS) is 14.9. The molecular formula is C26H34N2. The standard InChI is InChI=1S/C26H34N2/c1-6-8-23-13-15-28(16-14-23)22(5)25-17-24(21(4)27-18-25)11-12-26-19(2)9-7-10-20(26)3/h6-7,9-10,17-18,23H,1,5,8,11-16H2,2-4H3. The molecule has 0 bridgehead atoms. The van der Waals surface area contributed by atoms with Gasteiger partial charge in [-0.25, -0.2) is 0 Å². The number of piperidine rings is 1. The summed E-state index contributed by atoms with van der Waals surface area (Å²) < 4.78 is 0. The highest BCUT2D eigenvalue weighted by Gasteiger charge is 2.20. The van der Waals surface area contributed by atoms with Gasteiger partial charge in [-0.2, -0.15) is 0 Å². The van der Waals surface area contributed by atoms with Crippen molar-refractivity contribution in [2.45, 2.75) is 52.9 Å². The molecule has 1 aromatic heterocycles. The Morgan fingerprint density at radius 1 is 1.14 bits per heavy atom. The van der Waals surface area contributed by atoms with E-state index in [0.717, 1.165) is 49.7 Å². The van der Waals surface area contributed by atoms with E-state index < -0.39 is 0 Å². The van der Waals surface area contributed by atoms with Crippen LogP contribution in [0.3, 0.4) is 0 Å². The fourth-order valence-corrected chi connectivity index (χ4v) is 4.35. The van der Waals surface area contributed by atoms with Crippen LogP contribution in [0.25, 0.3) is 5.70 Å². The maximum absolute atomic E-state index is 4.70. The van der Waals surface area contributed by atoms with Crippen molar-refractivity contribution in [3.8, 4) is 0 Å². The minimum Gasteiger partial charge on any atom is -0.371 e. The van der Waals surface area contributed by atoms with Gasteiger partial charge in [0.2, 0.25) is 0 Å². The molecule has 1 saturated heterocycles. The summed E-state index contributed by atoms with van der Waals surface area (Å²) in [6.07, 6.45) is 9.72. The molecule has 0 atom stereocenters. The molecule has 2 nitrogen and oxygen atoms in total. The Labute approximate surface area is 171 Å². The number of aryl methyl sites for hydroxylation is 4. The van der Waals surface area contributed by atoms with Crippen molar-refractivity contribution >= 4 is 5.70 Å². The molecule has 1 aromatic carbocycles. The highest BCUT2D eigenvalue weighted by atomic mass is 15.1. The number of aromatic nitrogens is 1. The highest BCUT2D eigenvalue weighted by molar-refractivity contribution is 5.62. The van der Waals surface area contributed by atoms with E-state index in [1.807, 2.05) is 6.20 Å². The van der Waals surface area contributed by atoms with Crippen molar-refractivity contribution in [1.82, 2.24) is 9.88 Å². The molecule has 0 N–H and O–H groups in total. The second kappa shape index (κ2) is 9.23. The molecule has 0 spiro atoms. The van der Waals surface area contributed by atoms with E-state index in [1.54, 1.807) is 0 Å². The summed E-state index contributed by atoms with van der Waals surface area (Å²) in [6, 6.07) is 8.88. The predicted octanol–water partition coefficient (Wildman–Crippen LogP) is 6.05. The third kappa shape index (κ3) is 4.73. The molecule has 28 heavy (non-hydrogen) atoms. The number of hydrogen-bond donors (Lipinski definition) is 0. The second-order valence-corrected chi connectivity index (χ2v) is 8.24.